The van der Waals surface area contributed by atoms with Gasteiger partial charge in [-0.2, -0.15) is 5.10 Å². The van der Waals surface area contributed by atoms with Gasteiger partial charge < -0.3 is 9.67 Å². The molecule has 0 atom stereocenters. The molecule has 1 aliphatic rings. The first kappa shape index (κ1) is 15.6. The number of aryl methyl sites for hydroxylation is 2. The van der Waals surface area contributed by atoms with Crippen LogP contribution in [0.1, 0.15) is 41.7 Å². The van der Waals surface area contributed by atoms with Crippen molar-refractivity contribution in [3.05, 3.63) is 51.9 Å². The molecule has 3 aromatic rings. The van der Waals surface area contributed by atoms with Crippen LogP contribution in [-0.4, -0.2) is 25.4 Å². The molecule has 2 aromatic heterocycles. The zero-order chi connectivity index (χ0) is 17.7. The maximum absolute atomic E-state index is 12.0. The maximum atomic E-state index is 12.0. The van der Waals surface area contributed by atoms with Crippen molar-refractivity contribution in [3.8, 4) is 11.3 Å². The molecule has 6 heteroatoms. The highest BCUT2D eigenvalue weighted by molar-refractivity contribution is 6.03. The lowest BCUT2D eigenvalue weighted by Gasteiger charge is -2.10. The second-order valence-electron chi connectivity index (χ2n) is 6.54. The molecule has 0 radical (unpaired) electrons. The summed E-state index contributed by atoms with van der Waals surface area (Å²) in [5, 5.41) is 14.7. The lowest BCUT2D eigenvalue weighted by atomic mass is 10.0. The van der Waals surface area contributed by atoms with E-state index in [0.29, 0.717) is 16.8 Å². The van der Waals surface area contributed by atoms with Crippen LogP contribution in [0.15, 0.2) is 35.1 Å². The van der Waals surface area contributed by atoms with E-state index in [1.807, 2.05) is 29.8 Å². The fourth-order valence-electron chi connectivity index (χ4n) is 3.29. The number of hydrogen-bond acceptors (Lipinski definition) is 3. The molecule has 25 heavy (non-hydrogen) atoms. The summed E-state index contributed by atoms with van der Waals surface area (Å²) in [6.07, 6.45) is 2.37. The molecule has 0 bridgehead atoms. The van der Waals surface area contributed by atoms with Crippen LogP contribution in [0.4, 0.5) is 0 Å². The molecule has 2 heterocycles. The van der Waals surface area contributed by atoms with Gasteiger partial charge in [0.25, 0.3) is 5.56 Å². The van der Waals surface area contributed by atoms with E-state index in [1.54, 1.807) is 7.05 Å². The number of pyridine rings is 1. The smallest absolute Gasteiger partial charge is 0.336 e. The van der Waals surface area contributed by atoms with Crippen molar-refractivity contribution < 1.29 is 9.90 Å². The first-order valence-electron chi connectivity index (χ1n) is 8.44. The molecular formula is C19H19N3O3. The van der Waals surface area contributed by atoms with Gasteiger partial charge >= 0.3 is 5.97 Å². The van der Waals surface area contributed by atoms with E-state index in [1.165, 1.54) is 23.5 Å². The Bertz CT molecular complexity index is 1060. The summed E-state index contributed by atoms with van der Waals surface area (Å²) in [5.41, 5.74) is 3.32. The second-order valence-corrected chi connectivity index (χ2v) is 6.54. The Hall–Kier alpha value is -2.89. The van der Waals surface area contributed by atoms with Gasteiger partial charge in [-0.1, -0.05) is 6.07 Å². The van der Waals surface area contributed by atoms with Crippen LogP contribution in [0.5, 0.6) is 0 Å². The third-order valence-corrected chi connectivity index (χ3v) is 4.87. The summed E-state index contributed by atoms with van der Waals surface area (Å²) in [5.74, 6) is -0.537. The van der Waals surface area contributed by atoms with Gasteiger partial charge in [0.2, 0.25) is 0 Å². The van der Waals surface area contributed by atoms with E-state index < -0.39 is 5.97 Å². The predicted octanol–water partition coefficient (Wildman–Crippen LogP) is 3.00. The normalized spacial score (nSPS) is 14.2. The van der Waals surface area contributed by atoms with Gasteiger partial charge in [0.1, 0.15) is 0 Å². The van der Waals surface area contributed by atoms with E-state index >= 15 is 0 Å². The zero-order valence-electron chi connectivity index (χ0n) is 14.2. The lowest BCUT2D eigenvalue weighted by Crippen LogP contribution is -2.18. The third-order valence-electron chi connectivity index (χ3n) is 4.87. The van der Waals surface area contributed by atoms with Crippen LogP contribution in [-0.2, 0) is 13.6 Å². The summed E-state index contributed by atoms with van der Waals surface area (Å²) in [4.78, 5) is 23.6. The number of benzene rings is 1. The van der Waals surface area contributed by atoms with Crippen LogP contribution in [0.25, 0.3) is 22.2 Å². The van der Waals surface area contributed by atoms with Crippen LogP contribution < -0.4 is 5.56 Å². The molecule has 0 aliphatic heterocycles. The minimum Gasteiger partial charge on any atom is -0.478 e. The number of hydrogen-bond donors (Lipinski definition) is 1. The molecule has 1 fully saturated rings. The number of fused-ring (bicyclic) bond motifs is 1. The van der Waals surface area contributed by atoms with E-state index in [0.717, 1.165) is 23.5 Å². The van der Waals surface area contributed by atoms with Crippen molar-refractivity contribution in [1.82, 2.24) is 14.3 Å². The van der Waals surface area contributed by atoms with Gasteiger partial charge in [0.05, 0.1) is 22.5 Å². The van der Waals surface area contributed by atoms with Crippen molar-refractivity contribution in [1.29, 1.82) is 0 Å². The van der Waals surface area contributed by atoms with Crippen molar-refractivity contribution in [2.45, 2.75) is 32.2 Å². The molecule has 4 rings (SSSR count). The Kier molecular flexibility index (Phi) is 3.49. The highest BCUT2D eigenvalue weighted by Crippen LogP contribution is 2.40. The van der Waals surface area contributed by atoms with Crippen LogP contribution in [0, 0.1) is 0 Å². The number of carboxylic acid groups (broad SMARTS) is 1. The molecule has 1 aromatic carbocycles. The van der Waals surface area contributed by atoms with Gasteiger partial charge in [0, 0.05) is 36.5 Å². The summed E-state index contributed by atoms with van der Waals surface area (Å²) in [6, 6.07) is 8.86. The van der Waals surface area contributed by atoms with E-state index in [-0.39, 0.29) is 11.1 Å². The Labute approximate surface area is 144 Å². The van der Waals surface area contributed by atoms with E-state index in [4.69, 9.17) is 0 Å². The number of aromatic nitrogens is 3. The van der Waals surface area contributed by atoms with Crippen molar-refractivity contribution in [3.63, 3.8) is 0 Å². The number of aromatic carboxylic acids is 1. The summed E-state index contributed by atoms with van der Waals surface area (Å²) in [7, 11) is 1.65. The van der Waals surface area contributed by atoms with Crippen molar-refractivity contribution in [2.24, 2.45) is 7.05 Å². The summed E-state index contributed by atoms with van der Waals surface area (Å²) < 4.78 is 3.43. The van der Waals surface area contributed by atoms with Gasteiger partial charge in [-0.15, -0.1) is 0 Å². The monoisotopic (exact) mass is 337 g/mol. The lowest BCUT2D eigenvalue weighted by molar-refractivity contribution is 0.0699. The molecule has 1 aliphatic carbocycles. The van der Waals surface area contributed by atoms with Crippen LogP contribution in [0.2, 0.25) is 0 Å². The van der Waals surface area contributed by atoms with Crippen LogP contribution in [0.3, 0.4) is 0 Å². The molecule has 0 saturated heterocycles. The SMILES string of the molecule is CCn1nc(C2CC2)cc1-c1ccc2c(c1)c(C(=O)O)cc(=O)n2C. The average molecular weight is 337 g/mol. The van der Waals surface area contributed by atoms with Gasteiger partial charge in [-0.3, -0.25) is 9.48 Å². The fraction of sp³-hybridized carbons (Fsp3) is 0.316. The van der Waals surface area contributed by atoms with Gasteiger partial charge in [-0.25, -0.2) is 4.79 Å². The molecular weight excluding hydrogens is 318 g/mol. The number of rotatable bonds is 4. The Morgan fingerprint density at radius 2 is 2.04 bits per heavy atom. The third kappa shape index (κ3) is 2.54. The largest absolute Gasteiger partial charge is 0.478 e. The second kappa shape index (κ2) is 5.58. The molecule has 0 unspecified atom stereocenters. The molecule has 0 amide bonds. The first-order chi connectivity index (χ1) is 12.0. The molecule has 1 N–H and O–H groups in total. The molecule has 0 spiro atoms. The maximum Gasteiger partial charge on any atom is 0.336 e. The summed E-state index contributed by atoms with van der Waals surface area (Å²) in [6.45, 7) is 2.79. The van der Waals surface area contributed by atoms with E-state index in [9.17, 15) is 14.7 Å². The molecule has 1 saturated carbocycles. The van der Waals surface area contributed by atoms with Gasteiger partial charge in [-0.05, 0) is 38.0 Å². The van der Waals surface area contributed by atoms with Crippen molar-refractivity contribution >= 4 is 16.9 Å². The Morgan fingerprint density at radius 1 is 1.28 bits per heavy atom. The predicted molar refractivity (Wildman–Crippen MR) is 95.0 cm³/mol. The number of carboxylic acids is 1. The highest BCUT2D eigenvalue weighted by Gasteiger charge is 2.27. The quantitative estimate of drug-likeness (QED) is 0.794. The van der Waals surface area contributed by atoms with Gasteiger partial charge in [0.15, 0.2) is 0 Å². The summed E-state index contributed by atoms with van der Waals surface area (Å²) >= 11 is 0. The number of nitrogens with zero attached hydrogens (tertiary/aromatic N) is 3. The standard InChI is InChI=1S/C19H19N3O3/c1-3-22-17(10-15(20-22)11-4-5-11)12-6-7-16-13(8-12)14(19(24)25)9-18(23)21(16)2/h6-11H,3-5H2,1-2H3,(H,24,25). The van der Waals surface area contributed by atoms with Crippen LogP contribution >= 0.6 is 0 Å². The average Bonchev–Trinajstić information content (AvgIpc) is 3.36. The Balaban J connectivity index is 1.95. The first-order valence-corrected chi connectivity index (χ1v) is 8.44. The zero-order valence-corrected chi connectivity index (χ0v) is 14.2. The molecule has 6 nitrogen and oxygen atoms in total. The fourth-order valence-corrected chi connectivity index (χ4v) is 3.29. The Morgan fingerprint density at radius 3 is 2.68 bits per heavy atom. The minimum absolute atomic E-state index is 0.0323. The van der Waals surface area contributed by atoms with E-state index in [2.05, 4.69) is 11.2 Å². The topological polar surface area (TPSA) is 77.1 Å². The number of carbonyl (C=O) groups is 1. The van der Waals surface area contributed by atoms with Crippen molar-refractivity contribution in [2.75, 3.05) is 0 Å². The molecule has 128 valence electrons. The minimum atomic E-state index is -1.09. The highest BCUT2D eigenvalue weighted by atomic mass is 16.4.